The fourth-order valence-electron chi connectivity index (χ4n) is 1.90. The fourth-order valence-corrected chi connectivity index (χ4v) is 3.36. The lowest BCUT2D eigenvalue weighted by atomic mass is 10.2. The number of hydrogen-bond acceptors (Lipinski definition) is 4. The SMILES string of the molecule is CC(NS(=O)(=O)c1cc(F)ccc1CO)c1ccccn1. The Morgan fingerprint density at radius 1 is 1.33 bits per heavy atom. The molecule has 0 radical (unpaired) electrons. The maximum absolute atomic E-state index is 13.3. The Bertz CT molecular complexity index is 720. The smallest absolute Gasteiger partial charge is 0.241 e. The fraction of sp³-hybridized carbons (Fsp3) is 0.214. The van der Waals surface area contributed by atoms with Crippen LogP contribution in [0.15, 0.2) is 47.5 Å². The highest BCUT2D eigenvalue weighted by atomic mass is 32.2. The van der Waals surface area contributed by atoms with Crippen LogP contribution in [0, 0.1) is 5.82 Å². The number of benzene rings is 1. The maximum atomic E-state index is 13.3. The number of aliphatic hydroxyl groups is 1. The summed E-state index contributed by atoms with van der Waals surface area (Å²) in [4.78, 5) is 3.80. The molecule has 0 amide bonds. The van der Waals surface area contributed by atoms with E-state index in [-0.39, 0.29) is 10.5 Å². The number of aromatic nitrogens is 1. The van der Waals surface area contributed by atoms with Crippen molar-refractivity contribution in [2.45, 2.75) is 24.5 Å². The molecule has 1 unspecified atom stereocenters. The lowest BCUT2D eigenvalue weighted by molar-refractivity contribution is 0.278. The van der Waals surface area contributed by atoms with Crippen molar-refractivity contribution < 1.29 is 17.9 Å². The summed E-state index contributed by atoms with van der Waals surface area (Å²) >= 11 is 0. The van der Waals surface area contributed by atoms with E-state index in [1.165, 1.54) is 6.07 Å². The van der Waals surface area contributed by atoms with E-state index in [2.05, 4.69) is 9.71 Å². The first-order valence-electron chi connectivity index (χ1n) is 6.26. The molecule has 0 aliphatic heterocycles. The molecule has 0 saturated heterocycles. The molecule has 0 saturated carbocycles. The van der Waals surface area contributed by atoms with E-state index in [4.69, 9.17) is 0 Å². The van der Waals surface area contributed by atoms with Crippen molar-refractivity contribution in [3.63, 3.8) is 0 Å². The molecule has 2 N–H and O–H groups in total. The minimum Gasteiger partial charge on any atom is -0.392 e. The normalized spacial score (nSPS) is 13.1. The monoisotopic (exact) mass is 310 g/mol. The lowest BCUT2D eigenvalue weighted by Crippen LogP contribution is -2.28. The second kappa shape index (κ2) is 6.30. The summed E-state index contributed by atoms with van der Waals surface area (Å²) in [6, 6.07) is 7.81. The van der Waals surface area contributed by atoms with Crippen molar-refractivity contribution in [1.82, 2.24) is 9.71 Å². The summed E-state index contributed by atoms with van der Waals surface area (Å²) in [5.74, 6) is -0.682. The summed E-state index contributed by atoms with van der Waals surface area (Å²) in [5, 5.41) is 9.20. The van der Waals surface area contributed by atoms with Gasteiger partial charge in [0.2, 0.25) is 10.0 Å². The molecule has 5 nitrogen and oxygen atoms in total. The summed E-state index contributed by atoms with van der Waals surface area (Å²) < 4.78 is 40.4. The van der Waals surface area contributed by atoms with Crippen molar-refractivity contribution in [3.8, 4) is 0 Å². The summed E-state index contributed by atoms with van der Waals surface area (Å²) in [6.07, 6.45) is 1.56. The molecular formula is C14H15FN2O3S. The van der Waals surface area contributed by atoms with E-state index < -0.39 is 28.5 Å². The third-order valence-electron chi connectivity index (χ3n) is 2.95. The zero-order valence-electron chi connectivity index (χ0n) is 11.3. The number of aliphatic hydroxyl groups excluding tert-OH is 1. The molecule has 2 aromatic rings. The Hall–Kier alpha value is -1.83. The molecule has 1 aromatic heterocycles. The second-order valence-electron chi connectivity index (χ2n) is 4.51. The Labute approximate surface area is 122 Å². The first-order valence-corrected chi connectivity index (χ1v) is 7.75. The molecular weight excluding hydrogens is 295 g/mol. The van der Waals surface area contributed by atoms with Crippen LogP contribution < -0.4 is 4.72 Å². The minimum atomic E-state index is -3.96. The van der Waals surface area contributed by atoms with Gasteiger partial charge in [0, 0.05) is 6.20 Å². The van der Waals surface area contributed by atoms with Crippen LogP contribution in [0.4, 0.5) is 4.39 Å². The van der Waals surface area contributed by atoms with Gasteiger partial charge in [0.1, 0.15) is 5.82 Å². The number of sulfonamides is 1. The molecule has 112 valence electrons. The van der Waals surface area contributed by atoms with E-state index >= 15 is 0 Å². The predicted molar refractivity (Wildman–Crippen MR) is 75.3 cm³/mol. The van der Waals surface area contributed by atoms with Gasteiger partial charge in [0.05, 0.1) is 23.2 Å². The van der Waals surface area contributed by atoms with Gasteiger partial charge in [-0.15, -0.1) is 0 Å². The molecule has 1 aromatic carbocycles. The van der Waals surface area contributed by atoms with Crippen LogP contribution >= 0.6 is 0 Å². The van der Waals surface area contributed by atoms with Gasteiger partial charge in [0.25, 0.3) is 0 Å². The molecule has 0 spiro atoms. The van der Waals surface area contributed by atoms with Gasteiger partial charge >= 0.3 is 0 Å². The van der Waals surface area contributed by atoms with Crippen LogP contribution in [-0.4, -0.2) is 18.5 Å². The second-order valence-corrected chi connectivity index (χ2v) is 6.19. The Kier molecular flexibility index (Phi) is 4.66. The average molecular weight is 310 g/mol. The lowest BCUT2D eigenvalue weighted by Gasteiger charge is -2.15. The Morgan fingerprint density at radius 3 is 2.71 bits per heavy atom. The number of rotatable bonds is 5. The van der Waals surface area contributed by atoms with Crippen LogP contribution in [-0.2, 0) is 16.6 Å². The highest BCUT2D eigenvalue weighted by Crippen LogP contribution is 2.20. The average Bonchev–Trinajstić information content (AvgIpc) is 2.47. The zero-order chi connectivity index (χ0) is 15.5. The third-order valence-corrected chi connectivity index (χ3v) is 4.58. The Balaban J connectivity index is 2.33. The van der Waals surface area contributed by atoms with E-state index in [1.54, 1.807) is 31.3 Å². The van der Waals surface area contributed by atoms with Crippen LogP contribution in [0.2, 0.25) is 0 Å². The Morgan fingerprint density at radius 2 is 2.10 bits per heavy atom. The first-order chi connectivity index (χ1) is 9.94. The minimum absolute atomic E-state index is 0.136. The predicted octanol–water partition coefficient (Wildman–Crippen LogP) is 1.75. The van der Waals surface area contributed by atoms with E-state index in [1.807, 2.05) is 0 Å². The van der Waals surface area contributed by atoms with Crippen LogP contribution in [0.25, 0.3) is 0 Å². The van der Waals surface area contributed by atoms with Crippen molar-refractivity contribution in [3.05, 3.63) is 59.7 Å². The van der Waals surface area contributed by atoms with Crippen molar-refractivity contribution in [2.75, 3.05) is 0 Å². The topological polar surface area (TPSA) is 79.3 Å². The molecule has 0 aliphatic carbocycles. The molecule has 0 fully saturated rings. The van der Waals surface area contributed by atoms with E-state index in [0.717, 1.165) is 12.1 Å². The zero-order valence-corrected chi connectivity index (χ0v) is 12.1. The van der Waals surface area contributed by atoms with Crippen molar-refractivity contribution in [2.24, 2.45) is 0 Å². The summed E-state index contributed by atoms with van der Waals surface area (Å²) in [6.45, 7) is 1.15. The van der Waals surface area contributed by atoms with Crippen LogP contribution in [0.3, 0.4) is 0 Å². The highest BCUT2D eigenvalue weighted by molar-refractivity contribution is 7.89. The standard InChI is InChI=1S/C14H15FN2O3S/c1-10(13-4-2-3-7-16-13)17-21(19,20)14-8-12(15)6-5-11(14)9-18/h2-8,10,17-18H,9H2,1H3. The molecule has 1 atom stereocenters. The number of halogens is 1. The molecule has 7 heteroatoms. The summed E-state index contributed by atoms with van der Waals surface area (Å²) in [5.41, 5.74) is 0.681. The van der Waals surface area contributed by atoms with Gasteiger partial charge in [-0.05, 0) is 36.8 Å². The number of hydrogen-bond donors (Lipinski definition) is 2. The number of pyridine rings is 1. The number of nitrogens with zero attached hydrogens (tertiary/aromatic N) is 1. The molecule has 2 rings (SSSR count). The summed E-state index contributed by atoms with van der Waals surface area (Å²) in [7, 11) is -3.96. The van der Waals surface area contributed by atoms with Gasteiger partial charge in [0.15, 0.2) is 0 Å². The third kappa shape index (κ3) is 3.63. The van der Waals surface area contributed by atoms with Gasteiger partial charge in [-0.1, -0.05) is 12.1 Å². The van der Waals surface area contributed by atoms with E-state index in [9.17, 15) is 17.9 Å². The van der Waals surface area contributed by atoms with Gasteiger partial charge in [-0.25, -0.2) is 17.5 Å². The quantitative estimate of drug-likeness (QED) is 0.882. The van der Waals surface area contributed by atoms with Crippen LogP contribution in [0.5, 0.6) is 0 Å². The highest BCUT2D eigenvalue weighted by Gasteiger charge is 2.22. The maximum Gasteiger partial charge on any atom is 0.241 e. The molecule has 21 heavy (non-hydrogen) atoms. The van der Waals surface area contributed by atoms with Crippen molar-refractivity contribution >= 4 is 10.0 Å². The first kappa shape index (κ1) is 15.6. The molecule has 0 aliphatic rings. The molecule has 0 bridgehead atoms. The van der Waals surface area contributed by atoms with Crippen LogP contribution in [0.1, 0.15) is 24.2 Å². The van der Waals surface area contributed by atoms with Gasteiger partial charge in [-0.3, -0.25) is 4.98 Å². The number of nitrogens with one attached hydrogen (secondary N) is 1. The van der Waals surface area contributed by atoms with Crippen molar-refractivity contribution in [1.29, 1.82) is 0 Å². The van der Waals surface area contributed by atoms with Gasteiger partial charge < -0.3 is 5.11 Å². The largest absolute Gasteiger partial charge is 0.392 e. The van der Waals surface area contributed by atoms with Gasteiger partial charge in [-0.2, -0.15) is 0 Å². The van der Waals surface area contributed by atoms with E-state index in [0.29, 0.717) is 5.69 Å². The molecule has 1 heterocycles.